The first-order valence-electron chi connectivity index (χ1n) is 6.39. The number of hydrogen-bond donors (Lipinski definition) is 1. The number of nitrogens with zero attached hydrogens (tertiary/aromatic N) is 2. The second-order valence-corrected chi connectivity index (χ2v) is 4.67. The van der Waals surface area contributed by atoms with Crippen LogP contribution in [0.3, 0.4) is 0 Å². The third kappa shape index (κ3) is 3.10. The predicted molar refractivity (Wildman–Crippen MR) is 67.7 cm³/mol. The standard InChI is InChI=1S/C13H16F3N3O/c14-9-7-10(15)12(11(16)8-9)13(20)19-5-3-18(2-1-17)4-6-19/h7-8H,1-6,17H2. The summed E-state index contributed by atoms with van der Waals surface area (Å²) >= 11 is 0. The minimum absolute atomic E-state index is 0.370. The third-order valence-electron chi connectivity index (χ3n) is 3.33. The van der Waals surface area contributed by atoms with E-state index >= 15 is 0 Å². The van der Waals surface area contributed by atoms with Gasteiger partial charge in [0.15, 0.2) is 0 Å². The average molecular weight is 287 g/mol. The van der Waals surface area contributed by atoms with Crippen LogP contribution in [0.2, 0.25) is 0 Å². The summed E-state index contributed by atoms with van der Waals surface area (Å²) in [7, 11) is 0. The fourth-order valence-electron chi connectivity index (χ4n) is 2.26. The summed E-state index contributed by atoms with van der Waals surface area (Å²) in [5, 5.41) is 0. The Hall–Kier alpha value is -1.60. The number of carbonyl (C=O) groups is 1. The zero-order chi connectivity index (χ0) is 14.7. The van der Waals surface area contributed by atoms with E-state index in [9.17, 15) is 18.0 Å². The van der Waals surface area contributed by atoms with Gasteiger partial charge in [-0.1, -0.05) is 0 Å². The predicted octanol–water partition coefficient (Wildman–Crippen LogP) is 0.820. The Morgan fingerprint density at radius 3 is 2.15 bits per heavy atom. The largest absolute Gasteiger partial charge is 0.336 e. The van der Waals surface area contributed by atoms with Gasteiger partial charge in [-0.25, -0.2) is 13.2 Å². The number of nitrogens with two attached hydrogens (primary N) is 1. The van der Waals surface area contributed by atoms with Crippen LogP contribution < -0.4 is 5.73 Å². The molecule has 1 aliphatic heterocycles. The highest BCUT2D eigenvalue weighted by Gasteiger charge is 2.26. The molecule has 7 heteroatoms. The Balaban J connectivity index is 2.10. The molecule has 2 rings (SSSR count). The highest BCUT2D eigenvalue weighted by Crippen LogP contribution is 2.17. The second kappa shape index (κ2) is 6.23. The van der Waals surface area contributed by atoms with E-state index in [1.54, 1.807) is 0 Å². The minimum atomic E-state index is -1.17. The molecule has 0 aliphatic carbocycles. The number of amides is 1. The molecule has 2 N–H and O–H groups in total. The van der Waals surface area contributed by atoms with Crippen molar-refractivity contribution < 1.29 is 18.0 Å². The first-order chi connectivity index (χ1) is 9.52. The molecule has 20 heavy (non-hydrogen) atoms. The van der Waals surface area contributed by atoms with Crippen LogP contribution in [-0.4, -0.2) is 55.0 Å². The Bertz CT molecular complexity index is 479. The number of benzene rings is 1. The molecule has 1 fully saturated rings. The van der Waals surface area contributed by atoms with E-state index in [0.717, 1.165) is 6.54 Å². The van der Waals surface area contributed by atoms with Crippen molar-refractivity contribution in [1.82, 2.24) is 9.80 Å². The summed E-state index contributed by atoms with van der Waals surface area (Å²) in [5.41, 5.74) is 4.75. The van der Waals surface area contributed by atoms with Crippen LogP contribution in [0.5, 0.6) is 0 Å². The van der Waals surface area contributed by atoms with Gasteiger partial charge >= 0.3 is 0 Å². The first-order valence-corrected chi connectivity index (χ1v) is 6.39. The Kier molecular flexibility index (Phi) is 4.61. The topological polar surface area (TPSA) is 49.6 Å². The van der Waals surface area contributed by atoms with E-state index < -0.39 is 28.9 Å². The van der Waals surface area contributed by atoms with E-state index in [1.807, 2.05) is 0 Å². The highest BCUT2D eigenvalue weighted by atomic mass is 19.1. The lowest BCUT2D eigenvalue weighted by Crippen LogP contribution is -2.50. The van der Waals surface area contributed by atoms with E-state index in [4.69, 9.17) is 5.73 Å². The fourth-order valence-corrected chi connectivity index (χ4v) is 2.26. The molecule has 1 amide bonds. The van der Waals surface area contributed by atoms with Crippen molar-refractivity contribution in [3.8, 4) is 0 Å². The number of carbonyl (C=O) groups excluding carboxylic acids is 1. The molecule has 0 spiro atoms. The number of hydrogen-bond acceptors (Lipinski definition) is 3. The van der Waals surface area contributed by atoms with Crippen molar-refractivity contribution in [1.29, 1.82) is 0 Å². The van der Waals surface area contributed by atoms with Crippen LogP contribution in [0.4, 0.5) is 13.2 Å². The normalized spacial score (nSPS) is 16.5. The van der Waals surface area contributed by atoms with Crippen LogP contribution in [0.25, 0.3) is 0 Å². The van der Waals surface area contributed by atoms with E-state index in [1.165, 1.54) is 4.90 Å². The molecule has 0 unspecified atom stereocenters. The lowest BCUT2D eigenvalue weighted by Gasteiger charge is -2.34. The lowest BCUT2D eigenvalue weighted by molar-refractivity contribution is 0.0631. The molecule has 0 radical (unpaired) electrons. The van der Waals surface area contributed by atoms with Gasteiger partial charge in [-0.2, -0.15) is 0 Å². The highest BCUT2D eigenvalue weighted by molar-refractivity contribution is 5.94. The molecule has 0 atom stereocenters. The van der Waals surface area contributed by atoms with Crippen LogP contribution in [0.15, 0.2) is 12.1 Å². The molecule has 110 valence electrons. The molecule has 0 aromatic heterocycles. The van der Waals surface area contributed by atoms with Gasteiger partial charge in [-0.15, -0.1) is 0 Å². The van der Waals surface area contributed by atoms with Crippen molar-refractivity contribution in [2.24, 2.45) is 5.73 Å². The van der Waals surface area contributed by atoms with Crippen molar-refractivity contribution in [2.45, 2.75) is 0 Å². The maximum absolute atomic E-state index is 13.6. The quantitative estimate of drug-likeness (QED) is 0.895. The monoisotopic (exact) mass is 287 g/mol. The van der Waals surface area contributed by atoms with Gasteiger partial charge in [0.25, 0.3) is 5.91 Å². The number of halogens is 3. The van der Waals surface area contributed by atoms with Gasteiger partial charge in [-0.3, -0.25) is 9.69 Å². The summed E-state index contributed by atoms with van der Waals surface area (Å²) in [6.45, 7) is 3.20. The summed E-state index contributed by atoms with van der Waals surface area (Å²) in [4.78, 5) is 15.5. The van der Waals surface area contributed by atoms with Crippen LogP contribution >= 0.6 is 0 Å². The van der Waals surface area contributed by atoms with Gasteiger partial charge < -0.3 is 10.6 Å². The second-order valence-electron chi connectivity index (χ2n) is 4.67. The first kappa shape index (κ1) is 14.8. The van der Waals surface area contributed by atoms with Crippen molar-refractivity contribution >= 4 is 5.91 Å². The number of piperazine rings is 1. The molecule has 1 aliphatic rings. The van der Waals surface area contributed by atoms with E-state index in [-0.39, 0.29) is 0 Å². The lowest BCUT2D eigenvalue weighted by atomic mass is 10.1. The molecular weight excluding hydrogens is 271 g/mol. The Morgan fingerprint density at radius 2 is 1.65 bits per heavy atom. The van der Waals surface area contributed by atoms with E-state index in [0.29, 0.717) is 44.9 Å². The summed E-state index contributed by atoms with van der Waals surface area (Å²) < 4.78 is 39.9. The SMILES string of the molecule is NCCN1CCN(C(=O)c2c(F)cc(F)cc2F)CC1. The van der Waals surface area contributed by atoms with Crippen molar-refractivity contribution in [3.63, 3.8) is 0 Å². The zero-order valence-electron chi connectivity index (χ0n) is 10.9. The van der Waals surface area contributed by atoms with Gasteiger partial charge in [0, 0.05) is 51.4 Å². The van der Waals surface area contributed by atoms with Gasteiger partial charge in [0.2, 0.25) is 0 Å². The smallest absolute Gasteiger partial charge is 0.259 e. The summed E-state index contributed by atoms with van der Waals surface area (Å²) in [6.07, 6.45) is 0. The Labute approximate surface area is 114 Å². The zero-order valence-corrected chi connectivity index (χ0v) is 10.9. The molecule has 1 heterocycles. The van der Waals surface area contributed by atoms with Crippen LogP contribution in [0.1, 0.15) is 10.4 Å². The van der Waals surface area contributed by atoms with Crippen molar-refractivity contribution in [2.75, 3.05) is 39.3 Å². The molecule has 4 nitrogen and oxygen atoms in total. The molecule has 1 aromatic rings. The third-order valence-corrected chi connectivity index (χ3v) is 3.33. The van der Waals surface area contributed by atoms with E-state index in [2.05, 4.69) is 4.90 Å². The molecule has 0 saturated carbocycles. The summed E-state index contributed by atoms with van der Waals surface area (Å²) in [6, 6.07) is 1.03. The van der Waals surface area contributed by atoms with Gasteiger partial charge in [0.1, 0.15) is 23.0 Å². The van der Waals surface area contributed by atoms with Crippen molar-refractivity contribution in [3.05, 3.63) is 35.1 Å². The van der Waals surface area contributed by atoms with Gasteiger partial charge in [0.05, 0.1) is 0 Å². The fraction of sp³-hybridized carbons (Fsp3) is 0.462. The maximum atomic E-state index is 13.6. The Morgan fingerprint density at radius 1 is 1.10 bits per heavy atom. The summed E-state index contributed by atoms with van der Waals surface area (Å²) in [5.74, 6) is -4.12. The molecule has 0 bridgehead atoms. The number of rotatable bonds is 3. The maximum Gasteiger partial charge on any atom is 0.259 e. The molecular formula is C13H16F3N3O. The molecule has 1 saturated heterocycles. The van der Waals surface area contributed by atoms with Crippen LogP contribution in [-0.2, 0) is 0 Å². The van der Waals surface area contributed by atoms with Gasteiger partial charge in [-0.05, 0) is 0 Å². The molecule has 1 aromatic carbocycles. The van der Waals surface area contributed by atoms with Crippen LogP contribution in [0, 0.1) is 17.5 Å². The minimum Gasteiger partial charge on any atom is -0.336 e. The average Bonchev–Trinajstić information content (AvgIpc) is 2.38.